The molecule has 0 saturated heterocycles. The van der Waals surface area contributed by atoms with E-state index in [1.807, 2.05) is 55.5 Å². The molecule has 0 aliphatic rings. The molecule has 0 spiro atoms. The lowest BCUT2D eigenvalue weighted by atomic mass is 10.2. The number of hydrogen-bond donors (Lipinski definition) is 0. The molecule has 0 amide bonds. The van der Waals surface area contributed by atoms with Gasteiger partial charge >= 0.3 is 11.1 Å². The average Bonchev–Trinajstić information content (AvgIpc) is 2.60. The molecule has 0 fully saturated rings. The summed E-state index contributed by atoms with van der Waals surface area (Å²) in [6.45, 7) is 2.23. The third-order valence-electron chi connectivity index (χ3n) is 3.92. The summed E-state index contributed by atoms with van der Waals surface area (Å²) in [4.78, 5) is 24.9. The molecule has 0 saturated carbocycles. The second kappa shape index (κ2) is 6.58. The Balaban J connectivity index is 2.01. The molecule has 2 aromatic carbocycles. The van der Waals surface area contributed by atoms with E-state index in [0.717, 1.165) is 11.1 Å². The molecule has 0 atom stereocenters. The smallest absolute Gasteiger partial charge is 0.320 e. The molecule has 0 radical (unpaired) electrons. The number of rotatable bonds is 4. The van der Waals surface area contributed by atoms with Gasteiger partial charge in [0.05, 0.1) is 19.3 Å². The van der Waals surface area contributed by atoms with Crippen LogP contribution in [0.2, 0.25) is 0 Å². The number of aryl methyl sites for hydroxylation is 1. The van der Waals surface area contributed by atoms with Gasteiger partial charge in [-0.2, -0.15) is 0 Å². The van der Waals surface area contributed by atoms with Crippen molar-refractivity contribution >= 4 is 0 Å². The number of nitrogens with zero attached hydrogens (tertiary/aromatic N) is 2. The van der Waals surface area contributed by atoms with Crippen LogP contribution in [-0.2, 0) is 6.54 Å². The Morgan fingerprint density at radius 1 is 0.958 bits per heavy atom. The van der Waals surface area contributed by atoms with Crippen LogP contribution in [0.25, 0.3) is 5.69 Å². The number of methoxy groups -OCH3 is 1. The van der Waals surface area contributed by atoms with E-state index in [-0.39, 0.29) is 0 Å². The predicted molar refractivity (Wildman–Crippen MR) is 93.1 cm³/mol. The van der Waals surface area contributed by atoms with E-state index in [0.29, 0.717) is 18.0 Å². The van der Waals surface area contributed by atoms with Crippen molar-refractivity contribution in [3.8, 4) is 11.4 Å². The first-order chi connectivity index (χ1) is 11.6. The summed E-state index contributed by atoms with van der Waals surface area (Å²) in [6, 6.07) is 14.9. The van der Waals surface area contributed by atoms with Crippen molar-refractivity contribution < 1.29 is 4.74 Å². The first-order valence-electron chi connectivity index (χ1n) is 7.61. The van der Waals surface area contributed by atoms with Crippen LogP contribution in [0.1, 0.15) is 11.1 Å². The van der Waals surface area contributed by atoms with E-state index in [4.69, 9.17) is 4.74 Å². The number of aromatic nitrogens is 2. The normalized spacial score (nSPS) is 10.6. The minimum atomic E-state index is -0.560. The zero-order valence-corrected chi connectivity index (χ0v) is 13.6. The molecule has 0 aliphatic carbocycles. The van der Waals surface area contributed by atoms with E-state index in [2.05, 4.69) is 0 Å². The van der Waals surface area contributed by atoms with Crippen molar-refractivity contribution in [2.75, 3.05) is 7.11 Å². The van der Waals surface area contributed by atoms with Gasteiger partial charge in [-0.15, -0.1) is 0 Å². The van der Waals surface area contributed by atoms with Crippen LogP contribution in [0.5, 0.6) is 5.75 Å². The van der Waals surface area contributed by atoms with Crippen LogP contribution < -0.4 is 15.9 Å². The highest BCUT2D eigenvalue weighted by atomic mass is 16.5. The second-order valence-electron chi connectivity index (χ2n) is 5.54. The maximum atomic E-state index is 12.5. The molecule has 0 aliphatic heterocycles. The third kappa shape index (κ3) is 3.01. The molecule has 1 aromatic heterocycles. The van der Waals surface area contributed by atoms with Crippen LogP contribution in [0.4, 0.5) is 0 Å². The van der Waals surface area contributed by atoms with Crippen LogP contribution in [0.3, 0.4) is 0 Å². The summed E-state index contributed by atoms with van der Waals surface area (Å²) < 4.78 is 7.98. The number of hydrogen-bond acceptors (Lipinski definition) is 3. The molecule has 0 unspecified atom stereocenters. The molecule has 0 bridgehead atoms. The van der Waals surface area contributed by atoms with Gasteiger partial charge in [0.25, 0.3) is 0 Å². The molecule has 122 valence electrons. The van der Waals surface area contributed by atoms with Crippen molar-refractivity contribution in [3.63, 3.8) is 0 Å². The summed E-state index contributed by atoms with van der Waals surface area (Å²) in [5.41, 5.74) is 1.43. The molecular weight excluding hydrogens is 304 g/mol. The molecule has 0 N–H and O–H groups in total. The van der Waals surface area contributed by atoms with Gasteiger partial charge in [-0.05, 0) is 36.2 Å². The van der Waals surface area contributed by atoms with Crippen molar-refractivity contribution in [2.45, 2.75) is 13.5 Å². The van der Waals surface area contributed by atoms with Gasteiger partial charge in [0.1, 0.15) is 5.75 Å². The molecular formula is C19H18N2O3. The lowest BCUT2D eigenvalue weighted by molar-refractivity contribution is 0.414. The zero-order valence-electron chi connectivity index (χ0n) is 13.6. The van der Waals surface area contributed by atoms with Gasteiger partial charge in [-0.1, -0.05) is 30.3 Å². The molecule has 5 nitrogen and oxygen atoms in total. The van der Waals surface area contributed by atoms with Gasteiger partial charge in [0, 0.05) is 12.4 Å². The van der Waals surface area contributed by atoms with E-state index < -0.39 is 11.1 Å². The first kappa shape index (κ1) is 15.8. The molecule has 1 heterocycles. The standard InChI is InChI=1S/C19H18N2O3/c1-14-6-3-4-9-17(14)21-11-10-20(18(22)19(21)23)13-15-7-5-8-16(12-15)24-2/h3-12H,13H2,1-2H3. The second-order valence-corrected chi connectivity index (χ2v) is 5.54. The van der Waals surface area contributed by atoms with E-state index >= 15 is 0 Å². The molecule has 24 heavy (non-hydrogen) atoms. The minimum Gasteiger partial charge on any atom is -0.497 e. The Hall–Kier alpha value is -3.08. The van der Waals surface area contributed by atoms with Gasteiger partial charge in [-0.25, -0.2) is 0 Å². The van der Waals surface area contributed by atoms with Gasteiger partial charge in [-0.3, -0.25) is 14.2 Å². The molecule has 3 aromatic rings. The maximum absolute atomic E-state index is 12.5. The highest BCUT2D eigenvalue weighted by Crippen LogP contribution is 2.13. The zero-order chi connectivity index (χ0) is 17.1. The van der Waals surface area contributed by atoms with E-state index in [9.17, 15) is 9.59 Å². The Labute approximate surface area is 139 Å². The van der Waals surface area contributed by atoms with E-state index in [1.165, 1.54) is 9.13 Å². The monoisotopic (exact) mass is 322 g/mol. The van der Waals surface area contributed by atoms with Gasteiger partial charge in [0.15, 0.2) is 0 Å². The Morgan fingerprint density at radius 2 is 1.75 bits per heavy atom. The van der Waals surface area contributed by atoms with Gasteiger partial charge in [0.2, 0.25) is 0 Å². The van der Waals surface area contributed by atoms with Crippen molar-refractivity contribution in [2.24, 2.45) is 0 Å². The summed E-state index contributed by atoms with van der Waals surface area (Å²) in [7, 11) is 1.59. The maximum Gasteiger partial charge on any atom is 0.320 e. The molecule has 3 rings (SSSR count). The number of benzene rings is 2. The fraction of sp³-hybridized carbons (Fsp3) is 0.158. The predicted octanol–water partition coefficient (Wildman–Crippen LogP) is 2.36. The number of ether oxygens (including phenoxy) is 1. The Kier molecular flexibility index (Phi) is 4.33. The van der Waals surface area contributed by atoms with Crippen molar-refractivity contribution in [1.82, 2.24) is 9.13 Å². The van der Waals surface area contributed by atoms with Crippen LogP contribution in [0, 0.1) is 6.92 Å². The molecule has 5 heteroatoms. The SMILES string of the molecule is COc1cccc(Cn2ccn(-c3ccccc3C)c(=O)c2=O)c1. The Morgan fingerprint density at radius 3 is 2.50 bits per heavy atom. The highest BCUT2D eigenvalue weighted by Gasteiger charge is 2.09. The summed E-state index contributed by atoms with van der Waals surface area (Å²) >= 11 is 0. The van der Waals surface area contributed by atoms with Crippen molar-refractivity contribution in [3.05, 3.63) is 92.8 Å². The van der Waals surface area contributed by atoms with Gasteiger partial charge < -0.3 is 9.30 Å². The largest absolute Gasteiger partial charge is 0.497 e. The van der Waals surface area contributed by atoms with E-state index in [1.54, 1.807) is 19.5 Å². The third-order valence-corrected chi connectivity index (χ3v) is 3.92. The topological polar surface area (TPSA) is 53.2 Å². The minimum absolute atomic E-state index is 0.319. The quantitative estimate of drug-likeness (QED) is 0.693. The highest BCUT2D eigenvalue weighted by molar-refractivity contribution is 5.39. The van der Waals surface area contributed by atoms with Crippen LogP contribution in [-0.4, -0.2) is 16.2 Å². The average molecular weight is 322 g/mol. The lowest BCUT2D eigenvalue weighted by Gasteiger charge is -2.11. The fourth-order valence-electron chi connectivity index (χ4n) is 2.62. The fourth-order valence-corrected chi connectivity index (χ4v) is 2.62. The van der Waals surface area contributed by atoms with Crippen LogP contribution in [0.15, 0.2) is 70.5 Å². The summed E-state index contributed by atoms with van der Waals surface area (Å²) in [5, 5.41) is 0. The number of para-hydroxylation sites is 1. The lowest BCUT2D eigenvalue weighted by Crippen LogP contribution is -2.40. The summed E-state index contributed by atoms with van der Waals surface area (Å²) in [6.07, 6.45) is 3.27. The van der Waals surface area contributed by atoms with Crippen LogP contribution >= 0.6 is 0 Å². The summed E-state index contributed by atoms with van der Waals surface area (Å²) in [5.74, 6) is 0.716. The Bertz CT molecular complexity index is 986. The first-order valence-corrected chi connectivity index (χ1v) is 7.61. The van der Waals surface area contributed by atoms with Crippen molar-refractivity contribution in [1.29, 1.82) is 0 Å².